The van der Waals surface area contributed by atoms with Gasteiger partial charge in [0.25, 0.3) is 0 Å². The van der Waals surface area contributed by atoms with Gasteiger partial charge >= 0.3 is 0 Å². The summed E-state index contributed by atoms with van der Waals surface area (Å²) in [6.45, 7) is 11.7. The zero-order valence-corrected chi connectivity index (χ0v) is 19.3. The molecular formula is C23H37NOS2. The van der Waals surface area contributed by atoms with E-state index in [1.54, 1.807) is 0 Å². The maximum Gasteiger partial charge on any atom is 0.220 e. The lowest BCUT2D eigenvalue weighted by atomic mass is 10.1. The monoisotopic (exact) mass is 407 g/mol. The maximum atomic E-state index is 12.2. The van der Waals surface area contributed by atoms with Crippen LogP contribution >= 0.6 is 21.6 Å². The van der Waals surface area contributed by atoms with Gasteiger partial charge in [0.2, 0.25) is 5.91 Å². The first-order valence-corrected chi connectivity index (χ1v) is 12.4. The molecule has 0 heterocycles. The number of rotatable bonds is 13. The molecule has 2 nitrogen and oxygen atoms in total. The topological polar surface area (TPSA) is 29.1 Å². The quantitative estimate of drug-likeness (QED) is 0.279. The van der Waals surface area contributed by atoms with E-state index in [0.717, 1.165) is 17.9 Å². The minimum Gasteiger partial charge on any atom is -0.352 e. The molecule has 0 saturated heterocycles. The van der Waals surface area contributed by atoms with Crippen molar-refractivity contribution in [2.45, 2.75) is 78.0 Å². The molecule has 0 unspecified atom stereocenters. The Balaban J connectivity index is 2.19. The molecule has 1 amide bonds. The average Bonchev–Trinajstić information content (AvgIpc) is 2.62. The summed E-state index contributed by atoms with van der Waals surface area (Å²) >= 11 is 0. The minimum absolute atomic E-state index is 0.133. The number of amides is 1. The second kappa shape index (κ2) is 13.3. The molecule has 0 aliphatic heterocycles. The van der Waals surface area contributed by atoms with E-state index < -0.39 is 0 Å². The van der Waals surface area contributed by atoms with Crippen molar-refractivity contribution in [3.63, 3.8) is 0 Å². The first-order valence-electron chi connectivity index (χ1n) is 10.1. The van der Waals surface area contributed by atoms with E-state index in [2.05, 4.69) is 63.4 Å². The number of hydrogen-bond acceptors (Lipinski definition) is 3. The lowest BCUT2D eigenvalue weighted by Gasteiger charge is -2.23. The second-order valence-electron chi connectivity index (χ2n) is 8.07. The van der Waals surface area contributed by atoms with Crippen LogP contribution in [0.4, 0.5) is 0 Å². The normalized spacial score (nSPS) is 12.1. The number of hydrogen-bond donors (Lipinski definition) is 1. The van der Waals surface area contributed by atoms with Crippen molar-refractivity contribution in [2.24, 2.45) is 5.92 Å². The highest BCUT2D eigenvalue weighted by Crippen LogP contribution is 2.39. The first kappa shape index (κ1) is 24.2. The van der Waals surface area contributed by atoms with Crippen molar-refractivity contribution in [1.82, 2.24) is 5.32 Å². The summed E-state index contributed by atoms with van der Waals surface area (Å²) in [5.74, 6) is 2.16. The van der Waals surface area contributed by atoms with Crippen LogP contribution in [0.5, 0.6) is 0 Å². The van der Waals surface area contributed by atoms with Crippen LogP contribution < -0.4 is 5.32 Å². The van der Waals surface area contributed by atoms with Crippen LogP contribution in [0.25, 0.3) is 6.08 Å². The molecule has 0 spiro atoms. The summed E-state index contributed by atoms with van der Waals surface area (Å²) in [5.41, 5.74) is 2.33. The van der Waals surface area contributed by atoms with E-state index in [4.69, 9.17) is 0 Å². The Morgan fingerprint density at radius 3 is 2.52 bits per heavy atom. The minimum atomic E-state index is 0.133. The zero-order valence-electron chi connectivity index (χ0n) is 17.7. The standard InChI is InChI=1S/C23H37NOS2/c1-6-9-20-11-13-21(14-12-20)18-24-22(25)15-16-23(4,5)27-26-17-8-7-10-19(2)3/h6,9,11-14,19H,7-8,10,15-18H2,1-5H3,(H,24,25)/b9-6-. The highest BCUT2D eigenvalue weighted by molar-refractivity contribution is 8.77. The van der Waals surface area contributed by atoms with Gasteiger partial charge < -0.3 is 5.32 Å². The first-order chi connectivity index (χ1) is 12.8. The fraction of sp³-hybridized carbons (Fsp3) is 0.609. The van der Waals surface area contributed by atoms with E-state index in [-0.39, 0.29) is 10.7 Å². The maximum absolute atomic E-state index is 12.2. The van der Waals surface area contributed by atoms with Crippen LogP contribution in [-0.4, -0.2) is 16.4 Å². The molecule has 1 N–H and O–H groups in total. The van der Waals surface area contributed by atoms with Crippen LogP contribution in [0.1, 0.15) is 77.8 Å². The van der Waals surface area contributed by atoms with Gasteiger partial charge in [0.05, 0.1) is 0 Å². The van der Waals surface area contributed by atoms with Crippen LogP contribution in [0, 0.1) is 5.92 Å². The van der Waals surface area contributed by atoms with E-state index in [1.165, 1.54) is 30.6 Å². The number of benzene rings is 1. The van der Waals surface area contributed by atoms with Crippen molar-refractivity contribution in [3.05, 3.63) is 41.5 Å². The summed E-state index contributed by atoms with van der Waals surface area (Å²) in [6, 6.07) is 8.32. The third-order valence-electron chi connectivity index (χ3n) is 4.33. The summed E-state index contributed by atoms with van der Waals surface area (Å²) in [5, 5.41) is 3.04. The van der Waals surface area contributed by atoms with Crippen molar-refractivity contribution in [3.8, 4) is 0 Å². The van der Waals surface area contributed by atoms with E-state index in [1.807, 2.05) is 34.6 Å². The molecule has 1 aromatic carbocycles. The fourth-order valence-electron chi connectivity index (χ4n) is 2.60. The van der Waals surface area contributed by atoms with E-state index >= 15 is 0 Å². The van der Waals surface area contributed by atoms with Crippen molar-refractivity contribution < 1.29 is 4.79 Å². The van der Waals surface area contributed by atoms with Crippen molar-refractivity contribution in [1.29, 1.82) is 0 Å². The van der Waals surface area contributed by atoms with Crippen LogP contribution in [-0.2, 0) is 11.3 Å². The fourth-order valence-corrected chi connectivity index (χ4v) is 5.32. The summed E-state index contributed by atoms with van der Waals surface area (Å²) in [6.07, 6.45) is 9.54. The van der Waals surface area contributed by atoms with Gasteiger partial charge in [-0.3, -0.25) is 4.79 Å². The van der Waals surface area contributed by atoms with Crippen LogP contribution in [0.15, 0.2) is 30.3 Å². The molecule has 152 valence electrons. The van der Waals surface area contributed by atoms with E-state index in [0.29, 0.717) is 13.0 Å². The highest BCUT2D eigenvalue weighted by atomic mass is 33.1. The van der Waals surface area contributed by atoms with Gasteiger partial charge in [-0.2, -0.15) is 0 Å². The Hall–Kier alpha value is -0.870. The number of nitrogens with one attached hydrogen (secondary N) is 1. The highest BCUT2D eigenvalue weighted by Gasteiger charge is 2.20. The molecule has 1 aromatic rings. The Morgan fingerprint density at radius 1 is 1.19 bits per heavy atom. The van der Waals surface area contributed by atoms with E-state index in [9.17, 15) is 4.79 Å². The molecule has 0 fully saturated rings. The molecule has 0 atom stereocenters. The van der Waals surface area contributed by atoms with Crippen molar-refractivity contribution >= 4 is 33.6 Å². The zero-order chi connectivity index (χ0) is 20.1. The molecule has 0 aliphatic rings. The second-order valence-corrected chi connectivity index (χ2v) is 11.2. The van der Waals surface area contributed by atoms with Gasteiger partial charge in [-0.15, -0.1) is 0 Å². The van der Waals surface area contributed by atoms with Gasteiger partial charge in [0.1, 0.15) is 0 Å². The molecule has 0 saturated carbocycles. The van der Waals surface area contributed by atoms with Crippen LogP contribution in [0.2, 0.25) is 0 Å². The molecular weight excluding hydrogens is 370 g/mol. The summed E-state index contributed by atoms with van der Waals surface area (Å²) in [4.78, 5) is 12.2. The number of unbranched alkanes of at least 4 members (excludes halogenated alkanes) is 1. The molecule has 0 aromatic heterocycles. The number of carbonyl (C=O) groups is 1. The third-order valence-corrected chi connectivity index (χ3v) is 7.76. The summed E-state index contributed by atoms with van der Waals surface area (Å²) in [7, 11) is 3.89. The third kappa shape index (κ3) is 12.2. The summed E-state index contributed by atoms with van der Waals surface area (Å²) < 4.78 is 0.133. The number of allylic oxidation sites excluding steroid dienone is 1. The van der Waals surface area contributed by atoms with Gasteiger partial charge in [0, 0.05) is 23.5 Å². The number of carbonyl (C=O) groups excluding carboxylic acids is 1. The van der Waals surface area contributed by atoms with Gasteiger partial charge in [-0.25, -0.2) is 0 Å². The Kier molecular flexibility index (Phi) is 11.9. The molecule has 0 radical (unpaired) electrons. The molecule has 4 heteroatoms. The molecule has 0 aliphatic carbocycles. The lowest BCUT2D eigenvalue weighted by molar-refractivity contribution is -0.121. The predicted molar refractivity (Wildman–Crippen MR) is 125 cm³/mol. The molecule has 27 heavy (non-hydrogen) atoms. The molecule has 0 bridgehead atoms. The Morgan fingerprint density at radius 2 is 1.89 bits per heavy atom. The SMILES string of the molecule is C/C=C\c1ccc(CNC(=O)CCC(C)(C)SSCCCCC(C)C)cc1. The van der Waals surface area contributed by atoms with Gasteiger partial charge in [-0.1, -0.05) is 84.7 Å². The Labute approximate surface area is 174 Å². The van der Waals surface area contributed by atoms with Gasteiger partial charge in [0.15, 0.2) is 0 Å². The predicted octanol–water partition coefficient (Wildman–Crippen LogP) is 7.10. The van der Waals surface area contributed by atoms with Gasteiger partial charge in [-0.05, 0) is 50.7 Å². The van der Waals surface area contributed by atoms with Crippen molar-refractivity contribution in [2.75, 3.05) is 5.75 Å². The van der Waals surface area contributed by atoms with Crippen LogP contribution in [0.3, 0.4) is 0 Å². The smallest absolute Gasteiger partial charge is 0.220 e. The Bertz CT molecular complexity index is 564. The molecule has 1 rings (SSSR count). The largest absolute Gasteiger partial charge is 0.352 e. The lowest BCUT2D eigenvalue weighted by Crippen LogP contribution is -2.25. The average molecular weight is 408 g/mol.